The Labute approximate surface area is 56.5 Å². The molecule has 2 heteroatoms. The Morgan fingerprint density at radius 2 is 2.44 bits per heavy atom. The Balaban J connectivity index is 2.20. The normalized spacial score (nSPS) is 17.9. The maximum absolute atomic E-state index is 4.18. The van der Waals surface area contributed by atoms with Crippen LogP contribution in [-0.4, -0.2) is 24.3 Å². The Morgan fingerprint density at radius 3 is 2.89 bits per heavy atom. The van der Waals surface area contributed by atoms with Crippen LogP contribution in [0.5, 0.6) is 0 Å². The SMILES string of the molecule is CC(C)CN1CCC=N1. The van der Waals surface area contributed by atoms with Gasteiger partial charge in [-0.05, 0) is 5.92 Å². The molecule has 1 aliphatic heterocycles. The van der Waals surface area contributed by atoms with E-state index < -0.39 is 0 Å². The summed E-state index contributed by atoms with van der Waals surface area (Å²) in [6.45, 7) is 6.66. The molecule has 0 aliphatic carbocycles. The van der Waals surface area contributed by atoms with Gasteiger partial charge in [0.05, 0.1) is 0 Å². The van der Waals surface area contributed by atoms with Crippen LogP contribution in [0.3, 0.4) is 0 Å². The Hall–Kier alpha value is -0.530. The van der Waals surface area contributed by atoms with Crippen molar-refractivity contribution >= 4 is 6.21 Å². The van der Waals surface area contributed by atoms with E-state index in [2.05, 4.69) is 24.0 Å². The lowest BCUT2D eigenvalue weighted by molar-refractivity contribution is 0.281. The molecule has 1 rings (SSSR count). The monoisotopic (exact) mass is 126 g/mol. The molecule has 1 aliphatic rings. The highest BCUT2D eigenvalue weighted by Crippen LogP contribution is 2.03. The average molecular weight is 126 g/mol. The highest BCUT2D eigenvalue weighted by molar-refractivity contribution is 5.58. The van der Waals surface area contributed by atoms with Crippen LogP contribution in [-0.2, 0) is 0 Å². The van der Waals surface area contributed by atoms with Gasteiger partial charge < -0.3 is 0 Å². The molecule has 2 nitrogen and oxygen atoms in total. The molecule has 0 bridgehead atoms. The second-order valence-electron chi connectivity index (χ2n) is 2.89. The summed E-state index contributed by atoms with van der Waals surface area (Å²) in [6, 6.07) is 0. The van der Waals surface area contributed by atoms with Gasteiger partial charge in [0, 0.05) is 25.7 Å². The van der Waals surface area contributed by atoms with Crippen molar-refractivity contribution in [3.63, 3.8) is 0 Å². The van der Waals surface area contributed by atoms with Crippen molar-refractivity contribution < 1.29 is 0 Å². The maximum Gasteiger partial charge on any atom is 0.0410 e. The summed E-state index contributed by atoms with van der Waals surface area (Å²) in [5.74, 6) is 0.736. The minimum atomic E-state index is 0.736. The van der Waals surface area contributed by atoms with Crippen molar-refractivity contribution in [3.05, 3.63) is 0 Å². The van der Waals surface area contributed by atoms with Gasteiger partial charge in [-0.2, -0.15) is 5.10 Å². The summed E-state index contributed by atoms with van der Waals surface area (Å²) >= 11 is 0. The summed E-state index contributed by atoms with van der Waals surface area (Å²) < 4.78 is 0. The molecule has 1 heterocycles. The van der Waals surface area contributed by atoms with Gasteiger partial charge in [0.1, 0.15) is 0 Å². The highest BCUT2D eigenvalue weighted by atomic mass is 15.5. The lowest BCUT2D eigenvalue weighted by Gasteiger charge is -2.15. The van der Waals surface area contributed by atoms with Gasteiger partial charge in [-0.1, -0.05) is 13.8 Å². The predicted molar refractivity (Wildman–Crippen MR) is 39.5 cm³/mol. The highest BCUT2D eigenvalue weighted by Gasteiger charge is 2.05. The van der Waals surface area contributed by atoms with E-state index in [9.17, 15) is 0 Å². The smallest absolute Gasteiger partial charge is 0.0410 e. The zero-order valence-electron chi connectivity index (χ0n) is 6.17. The molecule has 0 aromatic heterocycles. The fourth-order valence-electron chi connectivity index (χ4n) is 0.998. The van der Waals surface area contributed by atoms with Crippen LogP contribution in [0.4, 0.5) is 0 Å². The summed E-state index contributed by atoms with van der Waals surface area (Å²) in [5, 5.41) is 6.31. The van der Waals surface area contributed by atoms with E-state index in [0.29, 0.717) is 0 Å². The lowest BCUT2D eigenvalue weighted by atomic mass is 10.2. The second-order valence-corrected chi connectivity index (χ2v) is 2.89. The van der Waals surface area contributed by atoms with Crippen molar-refractivity contribution in [1.29, 1.82) is 0 Å². The maximum atomic E-state index is 4.18. The third-order valence-electron chi connectivity index (χ3n) is 1.34. The molecule has 0 N–H and O–H groups in total. The number of hydrogen-bond acceptors (Lipinski definition) is 2. The van der Waals surface area contributed by atoms with Crippen LogP contribution in [0.2, 0.25) is 0 Å². The average Bonchev–Trinajstić information content (AvgIpc) is 2.15. The van der Waals surface area contributed by atoms with Crippen LogP contribution in [0.25, 0.3) is 0 Å². The molecular formula is C7H14N2. The molecule has 0 spiro atoms. The van der Waals surface area contributed by atoms with Gasteiger partial charge in [0.15, 0.2) is 0 Å². The largest absolute Gasteiger partial charge is 0.297 e. The molecule has 9 heavy (non-hydrogen) atoms. The molecule has 0 aromatic rings. The standard InChI is InChI=1S/C7H14N2/c1-7(2)6-9-5-3-4-8-9/h4,7H,3,5-6H2,1-2H3. The van der Waals surface area contributed by atoms with E-state index >= 15 is 0 Å². The fourth-order valence-corrected chi connectivity index (χ4v) is 0.998. The molecule has 52 valence electrons. The first-order valence-electron chi connectivity index (χ1n) is 3.56. The van der Waals surface area contributed by atoms with E-state index in [1.54, 1.807) is 0 Å². The van der Waals surface area contributed by atoms with Crippen molar-refractivity contribution in [3.8, 4) is 0 Å². The van der Waals surface area contributed by atoms with E-state index in [-0.39, 0.29) is 0 Å². The number of rotatable bonds is 2. The Morgan fingerprint density at radius 1 is 1.67 bits per heavy atom. The van der Waals surface area contributed by atoms with Crippen LogP contribution in [0.1, 0.15) is 20.3 Å². The van der Waals surface area contributed by atoms with Crippen molar-refractivity contribution in [1.82, 2.24) is 5.01 Å². The third-order valence-corrected chi connectivity index (χ3v) is 1.34. The van der Waals surface area contributed by atoms with Gasteiger partial charge in [-0.25, -0.2) is 0 Å². The minimum Gasteiger partial charge on any atom is -0.297 e. The molecule has 0 unspecified atom stereocenters. The van der Waals surface area contributed by atoms with Gasteiger partial charge in [-0.15, -0.1) is 0 Å². The number of hydrogen-bond donors (Lipinski definition) is 0. The molecule has 0 amide bonds. The molecule has 0 aromatic carbocycles. The van der Waals surface area contributed by atoms with Crippen molar-refractivity contribution in [2.24, 2.45) is 11.0 Å². The summed E-state index contributed by atoms with van der Waals surface area (Å²) in [6.07, 6.45) is 3.12. The molecule has 0 saturated carbocycles. The van der Waals surface area contributed by atoms with Crippen LogP contribution >= 0.6 is 0 Å². The van der Waals surface area contributed by atoms with Crippen molar-refractivity contribution in [2.75, 3.05) is 13.1 Å². The van der Waals surface area contributed by atoms with Crippen LogP contribution in [0.15, 0.2) is 5.10 Å². The Bertz CT molecular complexity index is 107. The zero-order chi connectivity index (χ0) is 6.69. The predicted octanol–water partition coefficient (Wildman–Crippen LogP) is 1.33. The van der Waals surface area contributed by atoms with Crippen LogP contribution < -0.4 is 0 Å². The van der Waals surface area contributed by atoms with E-state index in [1.807, 2.05) is 6.21 Å². The molecule has 0 saturated heterocycles. The first-order chi connectivity index (χ1) is 4.29. The van der Waals surface area contributed by atoms with Gasteiger partial charge in [0.2, 0.25) is 0 Å². The summed E-state index contributed by atoms with van der Waals surface area (Å²) in [4.78, 5) is 0. The van der Waals surface area contributed by atoms with Crippen molar-refractivity contribution in [2.45, 2.75) is 20.3 Å². The minimum absolute atomic E-state index is 0.736. The Kier molecular flexibility index (Phi) is 2.09. The summed E-state index contributed by atoms with van der Waals surface area (Å²) in [5.41, 5.74) is 0. The summed E-state index contributed by atoms with van der Waals surface area (Å²) in [7, 11) is 0. The third kappa shape index (κ3) is 2.04. The molecule has 0 atom stereocenters. The first-order valence-corrected chi connectivity index (χ1v) is 3.56. The lowest BCUT2D eigenvalue weighted by Crippen LogP contribution is -2.19. The van der Waals surface area contributed by atoms with Gasteiger partial charge in [-0.3, -0.25) is 5.01 Å². The number of hydrazone groups is 1. The van der Waals surface area contributed by atoms with Gasteiger partial charge >= 0.3 is 0 Å². The molecule has 0 fully saturated rings. The second kappa shape index (κ2) is 2.85. The van der Waals surface area contributed by atoms with Gasteiger partial charge in [0.25, 0.3) is 0 Å². The van der Waals surface area contributed by atoms with E-state index in [1.165, 1.54) is 0 Å². The van der Waals surface area contributed by atoms with E-state index in [0.717, 1.165) is 25.4 Å². The number of nitrogens with zero attached hydrogens (tertiary/aromatic N) is 2. The molecular weight excluding hydrogens is 112 g/mol. The topological polar surface area (TPSA) is 15.6 Å². The fraction of sp³-hybridized carbons (Fsp3) is 0.857. The zero-order valence-corrected chi connectivity index (χ0v) is 6.17. The van der Waals surface area contributed by atoms with Crippen LogP contribution in [0, 0.1) is 5.92 Å². The van der Waals surface area contributed by atoms with E-state index in [4.69, 9.17) is 0 Å². The first kappa shape index (κ1) is 6.59. The quantitative estimate of drug-likeness (QED) is 0.545. The molecule has 0 radical (unpaired) electrons.